The minimum absolute atomic E-state index is 0.0877. The topological polar surface area (TPSA) is 90.5 Å². The molecule has 0 aliphatic carbocycles. The van der Waals surface area contributed by atoms with Gasteiger partial charge in [-0.1, -0.05) is 11.8 Å². The molecule has 1 amide bonds. The van der Waals surface area contributed by atoms with Crippen molar-refractivity contribution in [3.63, 3.8) is 0 Å². The third-order valence-corrected chi connectivity index (χ3v) is 5.46. The average molecular weight is 385 g/mol. The van der Waals surface area contributed by atoms with Gasteiger partial charge in [0.2, 0.25) is 5.91 Å². The van der Waals surface area contributed by atoms with Gasteiger partial charge < -0.3 is 9.88 Å². The standard InChI is InChI=1S/C18H23N7OS/c1-6-25-16(14-7-9-19-10-8-14)21-22-18(25)27-13(4)17(26)20-15-11(2)23-24(5)12(15)3/h7-10,13H,6H2,1-5H3,(H,20,26)/t13-/m1/s1. The van der Waals surface area contributed by atoms with Gasteiger partial charge in [0.1, 0.15) is 0 Å². The average Bonchev–Trinajstić information content (AvgIpc) is 3.17. The Morgan fingerprint density at radius 2 is 1.96 bits per heavy atom. The highest BCUT2D eigenvalue weighted by molar-refractivity contribution is 8.00. The maximum atomic E-state index is 12.7. The van der Waals surface area contributed by atoms with Crippen LogP contribution in [0.3, 0.4) is 0 Å². The van der Waals surface area contributed by atoms with E-state index in [0.717, 1.165) is 28.5 Å². The van der Waals surface area contributed by atoms with Crippen molar-refractivity contribution in [1.82, 2.24) is 29.5 Å². The molecule has 0 spiro atoms. The van der Waals surface area contributed by atoms with E-state index in [1.807, 2.05) is 51.4 Å². The van der Waals surface area contributed by atoms with Crippen LogP contribution in [0.2, 0.25) is 0 Å². The van der Waals surface area contributed by atoms with Crippen molar-refractivity contribution < 1.29 is 4.79 Å². The van der Waals surface area contributed by atoms with Crippen LogP contribution in [0.4, 0.5) is 5.69 Å². The molecule has 0 radical (unpaired) electrons. The molecule has 1 atom stereocenters. The molecule has 3 aromatic heterocycles. The largest absolute Gasteiger partial charge is 0.322 e. The van der Waals surface area contributed by atoms with Gasteiger partial charge in [0.15, 0.2) is 11.0 Å². The van der Waals surface area contributed by atoms with Gasteiger partial charge in [0.25, 0.3) is 0 Å². The fraction of sp³-hybridized carbons (Fsp3) is 0.389. The quantitative estimate of drug-likeness (QED) is 0.656. The summed E-state index contributed by atoms with van der Waals surface area (Å²) in [6.45, 7) is 8.42. The molecule has 9 heteroatoms. The zero-order valence-corrected chi connectivity index (χ0v) is 16.9. The molecule has 0 unspecified atom stereocenters. The number of rotatable bonds is 6. The van der Waals surface area contributed by atoms with E-state index in [0.29, 0.717) is 11.7 Å². The van der Waals surface area contributed by atoms with Gasteiger partial charge in [-0.15, -0.1) is 10.2 Å². The van der Waals surface area contributed by atoms with Crippen molar-refractivity contribution in [3.8, 4) is 11.4 Å². The lowest BCUT2D eigenvalue weighted by Crippen LogP contribution is -2.23. The minimum Gasteiger partial charge on any atom is -0.322 e. The third kappa shape index (κ3) is 3.87. The summed E-state index contributed by atoms with van der Waals surface area (Å²) in [5, 5.41) is 16.3. The van der Waals surface area contributed by atoms with Gasteiger partial charge in [0, 0.05) is 31.5 Å². The highest BCUT2D eigenvalue weighted by atomic mass is 32.2. The zero-order chi connectivity index (χ0) is 19.6. The number of carbonyl (C=O) groups is 1. The molecule has 0 saturated heterocycles. The van der Waals surface area contributed by atoms with Crippen LogP contribution in [0.5, 0.6) is 0 Å². The van der Waals surface area contributed by atoms with E-state index in [1.165, 1.54) is 11.8 Å². The van der Waals surface area contributed by atoms with Gasteiger partial charge in [-0.3, -0.25) is 14.5 Å². The number of amides is 1. The van der Waals surface area contributed by atoms with Crippen LogP contribution >= 0.6 is 11.8 Å². The Bertz CT molecular complexity index is 948. The maximum Gasteiger partial charge on any atom is 0.237 e. The van der Waals surface area contributed by atoms with Crippen molar-refractivity contribution >= 4 is 23.4 Å². The van der Waals surface area contributed by atoms with E-state index in [4.69, 9.17) is 0 Å². The van der Waals surface area contributed by atoms with Crippen LogP contribution in [0.25, 0.3) is 11.4 Å². The second-order valence-electron chi connectivity index (χ2n) is 6.21. The molecule has 3 rings (SSSR count). The number of anilines is 1. The zero-order valence-electron chi connectivity index (χ0n) is 16.1. The number of aryl methyl sites for hydroxylation is 2. The molecule has 3 aromatic rings. The Morgan fingerprint density at radius 1 is 1.26 bits per heavy atom. The van der Waals surface area contributed by atoms with E-state index in [1.54, 1.807) is 17.1 Å². The Kier molecular flexibility index (Phi) is 5.59. The fourth-order valence-electron chi connectivity index (χ4n) is 2.77. The van der Waals surface area contributed by atoms with Crippen LogP contribution in [-0.2, 0) is 18.4 Å². The second-order valence-corrected chi connectivity index (χ2v) is 7.51. The molecule has 0 aliphatic heterocycles. The van der Waals surface area contributed by atoms with Crippen molar-refractivity contribution in [2.24, 2.45) is 7.05 Å². The molecule has 8 nitrogen and oxygen atoms in total. The van der Waals surface area contributed by atoms with E-state index in [-0.39, 0.29) is 11.2 Å². The van der Waals surface area contributed by atoms with Gasteiger partial charge in [-0.25, -0.2) is 0 Å². The second kappa shape index (κ2) is 7.91. The van der Waals surface area contributed by atoms with Crippen LogP contribution in [0, 0.1) is 13.8 Å². The molecule has 0 saturated carbocycles. The summed E-state index contributed by atoms with van der Waals surface area (Å²) in [7, 11) is 1.86. The molecule has 0 aliphatic rings. The summed E-state index contributed by atoms with van der Waals surface area (Å²) in [6.07, 6.45) is 3.46. The van der Waals surface area contributed by atoms with E-state index in [9.17, 15) is 4.79 Å². The van der Waals surface area contributed by atoms with E-state index >= 15 is 0 Å². The van der Waals surface area contributed by atoms with Gasteiger partial charge in [0.05, 0.1) is 22.3 Å². The number of carbonyl (C=O) groups excluding carboxylic acids is 1. The highest BCUT2D eigenvalue weighted by Crippen LogP contribution is 2.28. The van der Waals surface area contributed by atoms with Crippen LogP contribution in [0.15, 0.2) is 29.7 Å². The Balaban J connectivity index is 1.77. The summed E-state index contributed by atoms with van der Waals surface area (Å²) >= 11 is 1.39. The van der Waals surface area contributed by atoms with Gasteiger partial charge in [-0.05, 0) is 39.8 Å². The normalized spacial score (nSPS) is 12.2. The molecule has 0 bridgehead atoms. The minimum atomic E-state index is -0.330. The number of nitrogens with zero attached hydrogens (tertiary/aromatic N) is 6. The summed E-state index contributed by atoms with van der Waals surface area (Å²) in [5.74, 6) is 0.685. The molecule has 0 fully saturated rings. The first-order valence-corrected chi connectivity index (χ1v) is 9.61. The summed E-state index contributed by atoms with van der Waals surface area (Å²) in [6, 6.07) is 3.80. The van der Waals surface area contributed by atoms with Crippen molar-refractivity contribution in [2.75, 3.05) is 5.32 Å². The van der Waals surface area contributed by atoms with Crippen LogP contribution in [-0.4, -0.2) is 40.7 Å². The SMILES string of the molecule is CCn1c(S[C@H](C)C(=O)Nc2c(C)nn(C)c2C)nnc1-c1ccncc1. The Labute approximate surface area is 162 Å². The lowest BCUT2D eigenvalue weighted by Gasteiger charge is -2.13. The monoisotopic (exact) mass is 385 g/mol. The molecule has 1 N–H and O–H groups in total. The summed E-state index contributed by atoms with van der Waals surface area (Å²) in [4.78, 5) is 16.7. The predicted octanol–water partition coefficient (Wildman–Crippen LogP) is 2.83. The van der Waals surface area contributed by atoms with Gasteiger partial charge >= 0.3 is 0 Å². The van der Waals surface area contributed by atoms with Crippen LogP contribution < -0.4 is 5.32 Å². The number of nitrogens with one attached hydrogen (secondary N) is 1. The third-order valence-electron chi connectivity index (χ3n) is 4.38. The summed E-state index contributed by atoms with van der Waals surface area (Å²) in [5.41, 5.74) is 3.45. The maximum absolute atomic E-state index is 12.7. The first-order valence-electron chi connectivity index (χ1n) is 8.73. The fourth-order valence-corrected chi connectivity index (χ4v) is 3.68. The lowest BCUT2D eigenvalue weighted by molar-refractivity contribution is -0.115. The number of thioether (sulfide) groups is 1. The molecular formula is C18H23N7OS. The molecule has 142 valence electrons. The van der Waals surface area contributed by atoms with Crippen molar-refractivity contribution in [2.45, 2.75) is 44.6 Å². The first-order chi connectivity index (χ1) is 12.9. The van der Waals surface area contributed by atoms with Crippen molar-refractivity contribution in [3.05, 3.63) is 35.9 Å². The summed E-state index contributed by atoms with van der Waals surface area (Å²) < 4.78 is 3.77. The lowest BCUT2D eigenvalue weighted by atomic mass is 10.2. The smallest absolute Gasteiger partial charge is 0.237 e. The number of hydrogen-bond donors (Lipinski definition) is 1. The molecule has 3 heterocycles. The highest BCUT2D eigenvalue weighted by Gasteiger charge is 2.22. The Morgan fingerprint density at radius 3 is 2.56 bits per heavy atom. The van der Waals surface area contributed by atoms with Gasteiger partial charge in [-0.2, -0.15) is 5.10 Å². The van der Waals surface area contributed by atoms with E-state index in [2.05, 4.69) is 25.6 Å². The van der Waals surface area contributed by atoms with Crippen molar-refractivity contribution in [1.29, 1.82) is 0 Å². The predicted molar refractivity (Wildman–Crippen MR) is 106 cm³/mol. The number of hydrogen-bond acceptors (Lipinski definition) is 6. The molecule has 0 aromatic carbocycles. The number of pyridine rings is 1. The first kappa shape index (κ1) is 19.1. The van der Waals surface area contributed by atoms with Crippen LogP contribution in [0.1, 0.15) is 25.2 Å². The molecular weight excluding hydrogens is 362 g/mol. The van der Waals surface area contributed by atoms with E-state index < -0.39 is 0 Å². The number of aromatic nitrogens is 6. The molecule has 27 heavy (non-hydrogen) atoms. The Hall–Kier alpha value is -2.68.